The van der Waals surface area contributed by atoms with Crippen molar-refractivity contribution in [3.05, 3.63) is 70.8 Å². The number of benzene rings is 2. The molecule has 3 amide bonds. The highest BCUT2D eigenvalue weighted by Gasteiger charge is 2.39. The number of amides is 3. The number of fused-ring (bicyclic) bond motifs is 2. The lowest BCUT2D eigenvalue weighted by Crippen LogP contribution is -2.46. The molecule has 166 valence electrons. The zero-order chi connectivity index (χ0) is 22.2. The lowest BCUT2D eigenvalue weighted by Gasteiger charge is -2.41. The number of hydrogen-bond donors (Lipinski definition) is 0. The Morgan fingerprint density at radius 2 is 1.59 bits per heavy atom. The highest BCUT2D eigenvalue weighted by molar-refractivity contribution is 6.21. The molecule has 0 radical (unpaired) electrons. The second-order valence-corrected chi connectivity index (χ2v) is 9.46. The first-order chi connectivity index (χ1) is 15.6. The molecule has 5 nitrogen and oxygen atoms in total. The van der Waals surface area contributed by atoms with Crippen LogP contribution >= 0.6 is 0 Å². The second-order valence-electron chi connectivity index (χ2n) is 9.46. The molecule has 32 heavy (non-hydrogen) atoms. The number of carbonyl (C=O) groups excluding carboxylic acids is 3. The van der Waals surface area contributed by atoms with Gasteiger partial charge >= 0.3 is 0 Å². The van der Waals surface area contributed by atoms with Crippen molar-refractivity contribution in [1.29, 1.82) is 0 Å². The summed E-state index contributed by atoms with van der Waals surface area (Å²) in [5.41, 5.74) is 3.38. The summed E-state index contributed by atoms with van der Waals surface area (Å²) < 4.78 is 0. The quantitative estimate of drug-likeness (QED) is 0.665. The maximum atomic E-state index is 13.7. The third-order valence-electron chi connectivity index (χ3n) is 7.63. The first-order valence-corrected chi connectivity index (χ1v) is 11.9. The fourth-order valence-electron chi connectivity index (χ4n) is 5.82. The van der Waals surface area contributed by atoms with Gasteiger partial charge in [-0.2, -0.15) is 0 Å². The summed E-state index contributed by atoms with van der Waals surface area (Å²) in [6.45, 7) is 3.22. The average Bonchev–Trinajstić information content (AvgIpc) is 3.07. The maximum Gasteiger partial charge on any atom is 0.261 e. The normalized spacial score (nSPS) is 25.0. The van der Waals surface area contributed by atoms with Gasteiger partial charge in [-0.05, 0) is 54.9 Å². The summed E-state index contributed by atoms with van der Waals surface area (Å²) in [5, 5.41) is 0. The molecule has 0 spiro atoms. The summed E-state index contributed by atoms with van der Waals surface area (Å²) in [6.07, 6.45) is 5.81. The van der Waals surface area contributed by atoms with E-state index in [0.29, 0.717) is 36.6 Å². The molecule has 1 fully saturated rings. The summed E-state index contributed by atoms with van der Waals surface area (Å²) in [7, 11) is 0. The Morgan fingerprint density at radius 3 is 2.31 bits per heavy atom. The first kappa shape index (κ1) is 20.9. The van der Waals surface area contributed by atoms with Crippen molar-refractivity contribution in [3.8, 4) is 0 Å². The second kappa shape index (κ2) is 8.53. The van der Waals surface area contributed by atoms with Crippen molar-refractivity contribution < 1.29 is 14.4 Å². The average molecular weight is 431 g/mol. The molecular formula is C27H30N2O3. The lowest BCUT2D eigenvalue weighted by atomic mass is 9.78. The molecular weight excluding hydrogens is 400 g/mol. The fourth-order valence-corrected chi connectivity index (χ4v) is 5.82. The Morgan fingerprint density at radius 1 is 0.938 bits per heavy atom. The Bertz CT molecular complexity index is 1030. The molecule has 5 rings (SSSR count). The molecule has 2 aromatic rings. The number of imide groups is 1. The molecule has 3 atom stereocenters. The van der Waals surface area contributed by atoms with Crippen LogP contribution in [0.1, 0.15) is 76.9 Å². The van der Waals surface area contributed by atoms with E-state index >= 15 is 0 Å². The topological polar surface area (TPSA) is 57.7 Å². The third-order valence-corrected chi connectivity index (χ3v) is 7.63. The largest absolute Gasteiger partial charge is 0.335 e. The van der Waals surface area contributed by atoms with Gasteiger partial charge in [0.15, 0.2) is 0 Å². The minimum absolute atomic E-state index is 0.0795. The van der Waals surface area contributed by atoms with Crippen LogP contribution in [0.2, 0.25) is 0 Å². The van der Waals surface area contributed by atoms with Crippen molar-refractivity contribution in [2.24, 2.45) is 11.8 Å². The molecule has 0 bridgehead atoms. The van der Waals surface area contributed by atoms with E-state index < -0.39 is 0 Å². The van der Waals surface area contributed by atoms with E-state index in [-0.39, 0.29) is 29.7 Å². The van der Waals surface area contributed by atoms with Gasteiger partial charge < -0.3 is 4.90 Å². The van der Waals surface area contributed by atoms with Gasteiger partial charge in [0, 0.05) is 19.0 Å². The first-order valence-electron chi connectivity index (χ1n) is 11.9. The Hall–Kier alpha value is -2.95. The maximum absolute atomic E-state index is 13.7. The van der Waals surface area contributed by atoms with Gasteiger partial charge in [0.2, 0.25) is 5.91 Å². The molecule has 0 saturated heterocycles. The molecule has 2 aliphatic heterocycles. The van der Waals surface area contributed by atoms with Gasteiger partial charge in [0.1, 0.15) is 0 Å². The van der Waals surface area contributed by atoms with Gasteiger partial charge in [-0.25, -0.2) is 0 Å². The van der Waals surface area contributed by atoms with E-state index in [1.165, 1.54) is 16.9 Å². The summed E-state index contributed by atoms with van der Waals surface area (Å²) in [5.74, 6) is 0.280. The minimum atomic E-state index is -0.228. The molecule has 1 saturated carbocycles. The van der Waals surface area contributed by atoms with Crippen LogP contribution in [-0.2, 0) is 11.2 Å². The van der Waals surface area contributed by atoms with E-state index in [1.54, 1.807) is 24.3 Å². The van der Waals surface area contributed by atoms with Crippen LogP contribution in [0.5, 0.6) is 0 Å². The summed E-state index contributed by atoms with van der Waals surface area (Å²) in [4.78, 5) is 42.8. The van der Waals surface area contributed by atoms with Crippen LogP contribution in [0.3, 0.4) is 0 Å². The molecule has 2 heterocycles. The van der Waals surface area contributed by atoms with E-state index in [0.717, 1.165) is 31.2 Å². The zero-order valence-corrected chi connectivity index (χ0v) is 18.6. The van der Waals surface area contributed by atoms with Gasteiger partial charge in [-0.3, -0.25) is 19.3 Å². The minimum Gasteiger partial charge on any atom is -0.335 e. The van der Waals surface area contributed by atoms with Crippen LogP contribution in [0.15, 0.2) is 48.5 Å². The monoisotopic (exact) mass is 430 g/mol. The van der Waals surface area contributed by atoms with Crippen LogP contribution in [-0.4, -0.2) is 40.6 Å². The van der Waals surface area contributed by atoms with Crippen LogP contribution < -0.4 is 0 Å². The summed E-state index contributed by atoms with van der Waals surface area (Å²) >= 11 is 0. The molecule has 1 aliphatic carbocycles. The van der Waals surface area contributed by atoms with Gasteiger partial charge in [-0.1, -0.05) is 56.2 Å². The Balaban J connectivity index is 1.40. The number of carbonyl (C=O) groups is 3. The van der Waals surface area contributed by atoms with Crippen LogP contribution in [0.4, 0.5) is 0 Å². The zero-order valence-electron chi connectivity index (χ0n) is 18.6. The van der Waals surface area contributed by atoms with Crippen molar-refractivity contribution in [2.45, 2.75) is 51.5 Å². The van der Waals surface area contributed by atoms with Crippen LogP contribution in [0, 0.1) is 11.8 Å². The number of hydrogen-bond acceptors (Lipinski definition) is 3. The van der Waals surface area contributed by atoms with E-state index in [1.807, 2.05) is 17.0 Å². The highest BCUT2D eigenvalue weighted by Crippen LogP contribution is 2.38. The molecule has 0 unspecified atom stereocenters. The van der Waals surface area contributed by atoms with Gasteiger partial charge in [0.25, 0.3) is 11.8 Å². The third kappa shape index (κ3) is 3.54. The van der Waals surface area contributed by atoms with E-state index in [4.69, 9.17) is 0 Å². The van der Waals surface area contributed by atoms with Gasteiger partial charge in [-0.15, -0.1) is 0 Å². The highest BCUT2D eigenvalue weighted by atomic mass is 16.2. The lowest BCUT2D eigenvalue weighted by molar-refractivity contribution is -0.141. The van der Waals surface area contributed by atoms with E-state index in [2.05, 4.69) is 19.1 Å². The Kier molecular flexibility index (Phi) is 5.58. The van der Waals surface area contributed by atoms with Crippen molar-refractivity contribution >= 4 is 17.7 Å². The standard InChI is InChI=1S/C27H30N2O3/c1-18-8-2-4-10-20(18)25(30)28-16-14-19-9-3-5-11-21(19)24(28)15-17-29-26(31)22-12-6-7-13-23(22)27(29)32/h3,5-7,9,11-13,18,20,24H,2,4,8,10,14-17H2,1H3/t18-,20+,24+/m0/s1. The predicted octanol–water partition coefficient (Wildman–Crippen LogP) is 4.63. The molecule has 3 aliphatic rings. The molecule has 5 heteroatoms. The smallest absolute Gasteiger partial charge is 0.261 e. The SMILES string of the molecule is C[C@H]1CCCC[C@H]1C(=O)N1CCc2ccccc2[C@H]1CCN1C(=O)c2ccccc2C1=O. The molecule has 0 aromatic heterocycles. The van der Waals surface area contributed by atoms with E-state index in [9.17, 15) is 14.4 Å². The molecule has 0 N–H and O–H groups in total. The predicted molar refractivity (Wildman–Crippen MR) is 122 cm³/mol. The van der Waals surface area contributed by atoms with Gasteiger partial charge in [0.05, 0.1) is 17.2 Å². The molecule has 2 aromatic carbocycles. The van der Waals surface area contributed by atoms with Crippen molar-refractivity contribution in [2.75, 3.05) is 13.1 Å². The number of nitrogens with zero attached hydrogens (tertiary/aromatic N) is 2. The summed E-state index contributed by atoms with van der Waals surface area (Å²) in [6, 6.07) is 15.2. The number of rotatable bonds is 4. The van der Waals surface area contributed by atoms with Crippen molar-refractivity contribution in [3.63, 3.8) is 0 Å². The Labute approximate surface area is 189 Å². The van der Waals surface area contributed by atoms with Crippen molar-refractivity contribution in [1.82, 2.24) is 9.80 Å². The fraction of sp³-hybridized carbons (Fsp3) is 0.444. The van der Waals surface area contributed by atoms with Crippen LogP contribution in [0.25, 0.3) is 0 Å².